The van der Waals surface area contributed by atoms with Gasteiger partial charge in [0.2, 0.25) is 11.8 Å². The molecule has 7 aliphatic rings. The molecule has 0 aromatic heterocycles. The second kappa shape index (κ2) is 35.3. The Kier molecular flexibility index (Phi) is 29.6. The Morgan fingerprint density at radius 2 is 0.716 bits per heavy atom. The third kappa shape index (κ3) is 18.0. The fourth-order valence-corrected chi connectivity index (χ4v) is 11.7. The summed E-state index contributed by atoms with van der Waals surface area (Å²) in [7, 11) is 0. The maximum atomic E-state index is 12.5. The molecule has 0 saturated carbocycles. The van der Waals surface area contributed by atoms with Gasteiger partial charge < -0.3 is 205 Å². The molecule has 95 heavy (non-hydrogen) atoms. The van der Waals surface area contributed by atoms with E-state index in [0.29, 0.717) is 0 Å². The number of amides is 2. The van der Waals surface area contributed by atoms with E-state index in [2.05, 4.69) is 10.6 Å². The molecule has 2 amide bonds. The summed E-state index contributed by atoms with van der Waals surface area (Å²) < 4.78 is 79.5. The van der Waals surface area contributed by atoms with Gasteiger partial charge in [-0.05, 0) is 0 Å². The van der Waals surface area contributed by atoms with Gasteiger partial charge in [0.15, 0.2) is 44.0 Å². The summed E-state index contributed by atoms with van der Waals surface area (Å²) in [4.78, 5) is 24.3. The standard InChI is InChI=1S/C52H90N2O41/c1-12(62)53-14(3-55)24(65)41(15(64)4-56)91-46-23(54-13(2)63)31(72)42(20(9-61)88-46)92-51-40(81)44(30(71)19(8-60)86-51)94-50-38(79)33(74)27(68)21(89-50)10-82-47-39(80)43(29(70)18(7-59)84-47)93-49-37(78)34(75)28(69)22(90-49)11-83-52-45(35(76)26(67)17(6-58)87-52)95-48-36(77)32(73)25(66)16(5-57)85-48/h14-52,55-61,64-81H,3-11H2,1-2H3,(H,53,62)(H,54,63)/t14-,15+,16+,17+,18+,19+,20+,21+,22+,23+,24+,25+,26+,27+,28+,29+,30+,31+,32-,33-,34-,35-,36-,37-,38-,39-,40-,41+,42+,43-,44-,45-,46-,47-,48+,49+,50+,51-,52-/m0/s1. The molecule has 7 saturated heterocycles. The van der Waals surface area contributed by atoms with E-state index in [4.69, 9.17) is 66.3 Å². The topological polar surface area (TPSA) is 693 Å². The van der Waals surface area contributed by atoms with E-state index in [1.54, 1.807) is 0 Å². The van der Waals surface area contributed by atoms with Gasteiger partial charge in [-0.3, -0.25) is 9.59 Å². The average molecular weight is 1400 g/mol. The van der Waals surface area contributed by atoms with E-state index in [-0.39, 0.29) is 0 Å². The van der Waals surface area contributed by atoms with Crippen molar-refractivity contribution in [3.63, 3.8) is 0 Å². The Labute approximate surface area is 537 Å². The van der Waals surface area contributed by atoms with Crippen LogP contribution in [0.1, 0.15) is 13.8 Å². The Balaban J connectivity index is 1.02. The largest absolute Gasteiger partial charge is 0.394 e. The lowest BCUT2D eigenvalue weighted by molar-refractivity contribution is -0.384. The van der Waals surface area contributed by atoms with Gasteiger partial charge in [-0.25, -0.2) is 0 Å². The minimum atomic E-state index is -2.30. The second-order valence-corrected chi connectivity index (χ2v) is 23.7. The van der Waals surface area contributed by atoms with Gasteiger partial charge >= 0.3 is 0 Å². The van der Waals surface area contributed by atoms with E-state index in [9.17, 15) is 137 Å². The molecule has 0 aromatic rings. The molecule has 7 fully saturated rings. The lowest BCUT2D eigenvalue weighted by Gasteiger charge is -2.49. The van der Waals surface area contributed by atoms with Crippen molar-refractivity contribution in [2.75, 3.05) is 59.5 Å². The monoisotopic (exact) mass is 1400 g/mol. The highest BCUT2D eigenvalue weighted by molar-refractivity contribution is 5.73. The van der Waals surface area contributed by atoms with Gasteiger partial charge in [0.05, 0.1) is 65.5 Å². The van der Waals surface area contributed by atoms with Crippen LogP contribution in [0.3, 0.4) is 0 Å². The molecule has 7 rings (SSSR count). The van der Waals surface area contributed by atoms with Crippen LogP contribution in [0.15, 0.2) is 0 Å². The predicted octanol–water partition coefficient (Wildman–Crippen LogP) is -18.5. The Morgan fingerprint density at radius 3 is 1.15 bits per heavy atom. The molecule has 0 aromatic carbocycles. The number of carbonyl (C=O) groups is 2. The summed E-state index contributed by atoms with van der Waals surface area (Å²) in [6, 6.07) is -3.34. The van der Waals surface area contributed by atoms with Crippen molar-refractivity contribution in [2.45, 2.75) is 253 Å². The number of aliphatic hydroxyl groups excluding tert-OH is 25. The molecule has 0 aliphatic carbocycles. The molecule has 554 valence electrons. The molecule has 0 unspecified atom stereocenters. The van der Waals surface area contributed by atoms with Crippen molar-refractivity contribution in [2.24, 2.45) is 0 Å². The van der Waals surface area contributed by atoms with Gasteiger partial charge in [-0.1, -0.05) is 0 Å². The van der Waals surface area contributed by atoms with Crippen LogP contribution in [0.4, 0.5) is 0 Å². The number of hydrogen-bond donors (Lipinski definition) is 27. The molecule has 27 N–H and O–H groups in total. The number of hydrogen-bond acceptors (Lipinski definition) is 41. The highest BCUT2D eigenvalue weighted by atomic mass is 16.8. The van der Waals surface area contributed by atoms with Crippen molar-refractivity contribution in [1.29, 1.82) is 0 Å². The van der Waals surface area contributed by atoms with Crippen LogP contribution in [0.2, 0.25) is 0 Å². The summed E-state index contributed by atoms with van der Waals surface area (Å²) in [5.41, 5.74) is 0. The Hall–Kier alpha value is -2.62. The van der Waals surface area contributed by atoms with Crippen LogP contribution < -0.4 is 10.6 Å². The highest BCUT2D eigenvalue weighted by Gasteiger charge is 2.58. The first-order valence-corrected chi connectivity index (χ1v) is 30.1. The molecule has 7 heterocycles. The number of nitrogens with one attached hydrogen (secondary N) is 2. The van der Waals surface area contributed by atoms with E-state index >= 15 is 0 Å². The minimum absolute atomic E-state index is 0.750. The van der Waals surface area contributed by atoms with Crippen molar-refractivity contribution < 1.29 is 204 Å². The maximum absolute atomic E-state index is 12.5. The van der Waals surface area contributed by atoms with Crippen LogP contribution in [0, 0.1) is 0 Å². The predicted molar refractivity (Wildman–Crippen MR) is 290 cm³/mol. The smallest absolute Gasteiger partial charge is 0.217 e. The summed E-state index contributed by atoms with van der Waals surface area (Å²) in [6.45, 7) is -7.05. The number of carbonyl (C=O) groups excluding carboxylic acids is 2. The highest BCUT2D eigenvalue weighted by Crippen LogP contribution is 2.37. The Morgan fingerprint density at radius 1 is 0.358 bits per heavy atom. The van der Waals surface area contributed by atoms with Crippen LogP contribution >= 0.6 is 0 Å². The molecule has 43 nitrogen and oxygen atoms in total. The SMILES string of the molecule is CC(=O)N[C@H]1[C@H](O[C@@H]([C@H](O)[C@H](CO)NC(C)=O)[C@H](O)CO)O[C@H](CO)[C@@H](O[C@@H]2O[C@H](CO)[C@@H](O)[C@H](O[C@H]3O[C@H](CO[C@H]4O[C@H](CO)[C@@H](O)[C@H](O[C@H]5O[C@H](CO[C@H]6O[C@H](CO)[C@@H](O)[C@H](O)[C@@H]6O[C@H]6O[C@H](CO)[C@@H](O)[C@H](O)[C@@H]6O)[C@@H](O)[C@H](O)[C@@H]5O)[C@@H]4O)[C@@H](O)[C@H](O)[C@@H]3O)[C@@H]2O)[C@@H]1O. The third-order valence-corrected chi connectivity index (χ3v) is 17.1. The zero-order valence-corrected chi connectivity index (χ0v) is 50.6. The molecule has 0 radical (unpaired) electrons. The first-order chi connectivity index (χ1) is 44.9. The van der Waals surface area contributed by atoms with Gasteiger partial charge in [-0.2, -0.15) is 0 Å². The fraction of sp³-hybridized carbons (Fsp3) is 0.962. The third-order valence-electron chi connectivity index (χ3n) is 17.1. The average Bonchev–Trinajstić information content (AvgIpc) is 0.789. The first kappa shape index (κ1) is 79.7. The van der Waals surface area contributed by atoms with E-state index < -0.39 is 311 Å². The Bertz CT molecular complexity index is 2330. The zero-order valence-electron chi connectivity index (χ0n) is 50.6. The molecule has 43 heteroatoms. The van der Waals surface area contributed by atoms with Gasteiger partial charge in [0, 0.05) is 13.8 Å². The second-order valence-electron chi connectivity index (χ2n) is 23.7. The molecule has 0 spiro atoms. The quantitative estimate of drug-likeness (QED) is 0.0346. The summed E-state index contributed by atoms with van der Waals surface area (Å²) in [6.07, 6.45) is -74.5. The molecule has 0 bridgehead atoms. The van der Waals surface area contributed by atoms with Crippen molar-refractivity contribution in [3.8, 4) is 0 Å². The first-order valence-electron chi connectivity index (χ1n) is 30.1. The molecule has 7 aliphatic heterocycles. The van der Waals surface area contributed by atoms with E-state index in [0.717, 1.165) is 13.8 Å². The molecular weight excluding hydrogens is 1310 g/mol. The van der Waals surface area contributed by atoms with E-state index in [1.807, 2.05) is 0 Å². The molecular formula is C52H90N2O41. The number of aliphatic hydroxyl groups is 25. The lowest BCUT2D eigenvalue weighted by Crippen LogP contribution is -2.69. The summed E-state index contributed by atoms with van der Waals surface area (Å²) >= 11 is 0. The fourth-order valence-electron chi connectivity index (χ4n) is 11.7. The van der Waals surface area contributed by atoms with Crippen LogP contribution in [-0.2, 0) is 75.9 Å². The van der Waals surface area contributed by atoms with Crippen molar-refractivity contribution in [1.82, 2.24) is 10.6 Å². The maximum Gasteiger partial charge on any atom is 0.217 e. The van der Waals surface area contributed by atoms with Gasteiger partial charge in [0.25, 0.3) is 0 Å². The van der Waals surface area contributed by atoms with Gasteiger partial charge in [0.1, 0.15) is 189 Å². The van der Waals surface area contributed by atoms with E-state index in [1.165, 1.54) is 0 Å². The van der Waals surface area contributed by atoms with Crippen molar-refractivity contribution in [3.05, 3.63) is 0 Å². The lowest BCUT2D eigenvalue weighted by atomic mass is 9.94. The van der Waals surface area contributed by atoms with Gasteiger partial charge in [-0.15, -0.1) is 0 Å². The van der Waals surface area contributed by atoms with Crippen LogP contribution in [-0.4, -0.2) is 438 Å². The molecule has 39 atom stereocenters. The summed E-state index contributed by atoms with van der Waals surface area (Å²) in [5.74, 6) is -1.63. The number of ether oxygens (including phenoxy) is 14. The zero-order chi connectivity index (χ0) is 70.3. The summed E-state index contributed by atoms with van der Waals surface area (Å²) in [5, 5.41) is 274. The normalized spacial score (nSPS) is 47.3. The van der Waals surface area contributed by atoms with Crippen molar-refractivity contribution >= 4 is 11.8 Å². The van der Waals surface area contributed by atoms with Crippen LogP contribution in [0.5, 0.6) is 0 Å². The van der Waals surface area contributed by atoms with Crippen LogP contribution in [0.25, 0.3) is 0 Å². The minimum Gasteiger partial charge on any atom is -0.394 e. The number of rotatable bonds is 28.